The van der Waals surface area contributed by atoms with Crippen molar-refractivity contribution in [2.24, 2.45) is 0 Å². The second-order valence-corrected chi connectivity index (χ2v) is 5.23. The zero-order valence-electron chi connectivity index (χ0n) is 10.8. The van der Waals surface area contributed by atoms with E-state index >= 15 is 0 Å². The topological polar surface area (TPSA) is 41.1 Å². The number of carbonyl (C=O) groups excluding carboxylic acids is 1. The van der Waals surface area contributed by atoms with Gasteiger partial charge in [0.25, 0.3) is 0 Å². The van der Waals surface area contributed by atoms with Crippen molar-refractivity contribution in [3.63, 3.8) is 0 Å². The number of hydrogen-bond donors (Lipinski definition) is 2. The monoisotopic (exact) mass is 286 g/mol. The molecule has 5 heteroatoms. The van der Waals surface area contributed by atoms with Gasteiger partial charge in [-0.2, -0.15) is 0 Å². The summed E-state index contributed by atoms with van der Waals surface area (Å²) in [6.07, 6.45) is 0. The molecule has 0 saturated heterocycles. The zero-order chi connectivity index (χ0) is 13.4. The summed E-state index contributed by atoms with van der Waals surface area (Å²) >= 11 is 7.69. The fraction of sp³-hybridized carbons (Fsp3) is 0.462. The van der Waals surface area contributed by atoms with Gasteiger partial charge in [0.2, 0.25) is 5.91 Å². The number of thioether (sulfide) groups is 1. The van der Waals surface area contributed by atoms with E-state index in [0.29, 0.717) is 12.3 Å². The Morgan fingerprint density at radius 2 is 2.11 bits per heavy atom. The van der Waals surface area contributed by atoms with Gasteiger partial charge in [-0.3, -0.25) is 4.79 Å². The third kappa shape index (κ3) is 5.29. The van der Waals surface area contributed by atoms with Gasteiger partial charge >= 0.3 is 0 Å². The zero-order valence-corrected chi connectivity index (χ0v) is 12.3. The van der Waals surface area contributed by atoms with Crippen LogP contribution in [-0.4, -0.2) is 24.7 Å². The lowest BCUT2D eigenvalue weighted by molar-refractivity contribution is -0.118. The Hall–Kier alpha value is -0.710. The summed E-state index contributed by atoms with van der Waals surface area (Å²) in [6.45, 7) is 6.34. The molecule has 0 aliphatic heterocycles. The first kappa shape index (κ1) is 15.3. The second-order valence-electron chi connectivity index (χ2n) is 3.78. The lowest BCUT2D eigenvalue weighted by atomic mass is 10.2. The van der Waals surface area contributed by atoms with Crippen molar-refractivity contribution in [1.29, 1.82) is 0 Å². The van der Waals surface area contributed by atoms with Crippen LogP contribution in [-0.2, 0) is 11.3 Å². The van der Waals surface area contributed by atoms with E-state index in [1.54, 1.807) is 0 Å². The van der Waals surface area contributed by atoms with Gasteiger partial charge in [0.15, 0.2) is 0 Å². The summed E-state index contributed by atoms with van der Waals surface area (Å²) < 4.78 is 0. The van der Waals surface area contributed by atoms with Crippen LogP contribution in [0.4, 0.5) is 0 Å². The van der Waals surface area contributed by atoms with Crippen molar-refractivity contribution in [2.45, 2.75) is 25.3 Å². The third-order valence-corrected chi connectivity index (χ3v) is 3.68. The number of halogens is 1. The van der Waals surface area contributed by atoms with E-state index in [0.717, 1.165) is 28.6 Å². The van der Waals surface area contributed by atoms with Crippen molar-refractivity contribution < 1.29 is 4.79 Å². The molecule has 0 unspecified atom stereocenters. The normalized spacial score (nSPS) is 10.4. The molecule has 18 heavy (non-hydrogen) atoms. The van der Waals surface area contributed by atoms with Gasteiger partial charge < -0.3 is 10.6 Å². The minimum absolute atomic E-state index is 0.0512. The van der Waals surface area contributed by atoms with E-state index in [4.69, 9.17) is 11.6 Å². The van der Waals surface area contributed by atoms with Crippen molar-refractivity contribution in [3.05, 3.63) is 28.8 Å². The summed E-state index contributed by atoms with van der Waals surface area (Å²) in [6, 6.07) is 5.92. The van der Waals surface area contributed by atoms with E-state index < -0.39 is 0 Å². The predicted octanol–water partition coefficient (Wildman–Crippen LogP) is 2.68. The quantitative estimate of drug-likeness (QED) is 0.757. The number of amides is 1. The Bertz CT molecular complexity index is 399. The van der Waals surface area contributed by atoms with Gasteiger partial charge in [-0.05, 0) is 31.2 Å². The molecule has 0 aliphatic carbocycles. The molecule has 0 radical (unpaired) electrons. The highest BCUT2D eigenvalue weighted by molar-refractivity contribution is 8.00. The molecule has 0 spiro atoms. The Morgan fingerprint density at radius 3 is 2.72 bits per heavy atom. The van der Waals surface area contributed by atoms with Crippen molar-refractivity contribution in [3.8, 4) is 0 Å². The van der Waals surface area contributed by atoms with Crippen molar-refractivity contribution in [1.82, 2.24) is 10.6 Å². The molecule has 1 aromatic rings. The van der Waals surface area contributed by atoms with Gasteiger partial charge in [0, 0.05) is 23.0 Å². The van der Waals surface area contributed by atoms with Crippen molar-refractivity contribution in [2.75, 3.05) is 18.8 Å². The number of carbonyl (C=O) groups is 1. The van der Waals surface area contributed by atoms with E-state index in [9.17, 15) is 4.79 Å². The van der Waals surface area contributed by atoms with Gasteiger partial charge in [-0.15, -0.1) is 11.8 Å². The highest BCUT2D eigenvalue weighted by Gasteiger charge is 2.04. The van der Waals surface area contributed by atoms with Crippen LogP contribution in [0.2, 0.25) is 5.02 Å². The molecule has 0 fully saturated rings. The lowest BCUT2D eigenvalue weighted by Gasteiger charge is -2.07. The van der Waals surface area contributed by atoms with E-state index in [-0.39, 0.29) is 5.91 Å². The van der Waals surface area contributed by atoms with Gasteiger partial charge in [-0.25, -0.2) is 0 Å². The smallest absolute Gasteiger partial charge is 0.230 e. The average molecular weight is 287 g/mol. The van der Waals surface area contributed by atoms with Crippen LogP contribution in [0.1, 0.15) is 19.4 Å². The summed E-state index contributed by atoms with van der Waals surface area (Å²) in [5.74, 6) is 0.479. The second kappa shape index (κ2) is 8.40. The largest absolute Gasteiger partial charge is 0.356 e. The van der Waals surface area contributed by atoms with Crippen LogP contribution in [0.3, 0.4) is 0 Å². The Kier molecular flexibility index (Phi) is 7.16. The van der Waals surface area contributed by atoms with Crippen LogP contribution < -0.4 is 10.6 Å². The minimum Gasteiger partial charge on any atom is -0.356 e. The first-order valence-electron chi connectivity index (χ1n) is 6.06. The summed E-state index contributed by atoms with van der Waals surface area (Å²) in [4.78, 5) is 12.4. The maximum Gasteiger partial charge on any atom is 0.230 e. The highest BCUT2D eigenvalue weighted by atomic mass is 35.5. The lowest BCUT2D eigenvalue weighted by Crippen LogP contribution is -2.24. The number of hydrogen-bond acceptors (Lipinski definition) is 3. The maximum absolute atomic E-state index is 11.3. The summed E-state index contributed by atoms with van der Waals surface area (Å²) in [5.41, 5.74) is 1.08. The van der Waals surface area contributed by atoms with E-state index in [2.05, 4.69) is 17.6 Å². The van der Waals surface area contributed by atoms with Crippen LogP contribution in [0.5, 0.6) is 0 Å². The number of benzene rings is 1. The molecule has 2 N–H and O–H groups in total. The molecule has 0 aromatic heterocycles. The molecule has 3 nitrogen and oxygen atoms in total. The Labute approximate surface area is 118 Å². The first-order valence-corrected chi connectivity index (χ1v) is 7.42. The molecule has 0 bridgehead atoms. The maximum atomic E-state index is 11.3. The molecule has 1 amide bonds. The number of nitrogens with one attached hydrogen (secondary N) is 2. The summed E-state index contributed by atoms with van der Waals surface area (Å²) in [5, 5.41) is 6.75. The number of rotatable bonds is 7. The Balaban J connectivity index is 2.53. The Morgan fingerprint density at radius 1 is 1.33 bits per heavy atom. The fourth-order valence-electron chi connectivity index (χ4n) is 1.42. The summed E-state index contributed by atoms with van der Waals surface area (Å²) in [7, 11) is 0. The van der Waals surface area contributed by atoms with Crippen LogP contribution in [0, 0.1) is 0 Å². The SMILES string of the molecule is CCNCc1ccc(SCC(=O)NCC)cc1Cl. The molecule has 0 atom stereocenters. The third-order valence-electron chi connectivity index (χ3n) is 2.33. The minimum atomic E-state index is 0.0512. The first-order chi connectivity index (χ1) is 8.67. The highest BCUT2D eigenvalue weighted by Crippen LogP contribution is 2.24. The molecule has 100 valence electrons. The van der Waals surface area contributed by atoms with Crippen LogP contribution >= 0.6 is 23.4 Å². The standard InChI is InChI=1S/C13H19ClN2OS/c1-3-15-8-10-5-6-11(7-12(10)14)18-9-13(17)16-4-2/h5-7,15H,3-4,8-9H2,1-2H3,(H,16,17). The van der Waals surface area contributed by atoms with Crippen molar-refractivity contribution >= 4 is 29.3 Å². The van der Waals surface area contributed by atoms with Gasteiger partial charge in [0.05, 0.1) is 5.75 Å². The average Bonchev–Trinajstić information content (AvgIpc) is 2.35. The van der Waals surface area contributed by atoms with Crippen LogP contribution in [0.25, 0.3) is 0 Å². The molecule has 0 aliphatic rings. The van der Waals surface area contributed by atoms with Crippen LogP contribution in [0.15, 0.2) is 23.1 Å². The molecular weight excluding hydrogens is 268 g/mol. The predicted molar refractivity (Wildman–Crippen MR) is 78.2 cm³/mol. The molecule has 0 saturated carbocycles. The molecule has 1 rings (SSSR count). The molecule has 0 heterocycles. The van der Waals surface area contributed by atoms with E-state index in [1.165, 1.54) is 11.8 Å². The molecule has 1 aromatic carbocycles. The molecular formula is C13H19ClN2OS. The van der Waals surface area contributed by atoms with Gasteiger partial charge in [0.1, 0.15) is 0 Å². The van der Waals surface area contributed by atoms with Gasteiger partial charge in [-0.1, -0.05) is 24.6 Å². The van der Waals surface area contributed by atoms with E-state index in [1.807, 2.05) is 25.1 Å². The fourth-order valence-corrected chi connectivity index (χ4v) is 2.50.